The third kappa shape index (κ3) is 4.08. The molecule has 1 aliphatic rings. The minimum Gasteiger partial charge on any atom is -0.346 e. The summed E-state index contributed by atoms with van der Waals surface area (Å²) in [6.45, 7) is 3.63. The number of amides is 1. The molecule has 2 heterocycles. The SMILES string of the molecule is Cc1cnc(N2CCC(NC(=O)C#Cc3cccc(F)c3)C2)s1. The van der Waals surface area contributed by atoms with Crippen LogP contribution in [0.25, 0.3) is 0 Å². The fraction of sp³-hybridized carbons (Fsp3) is 0.294. The van der Waals surface area contributed by atoms with Crippen molar-refractivity contribution in [1.82, 2.24) is 10.3 Å². The van der Waals surface area contributed by atoms with E-state index in [1.54, 1.807) is 23.5 Å². The molecule has 2 aromatic rings. The number of aromatic nitrogens is 1. The highest BCUT2D eigenvalue weighted by molar-refractivity contribution is 7.15. The minimum atomic E-state index is -0.359. The number of nitrogens with one attached hydrogen (secondary N) is 1. The van der Waals surface area contributed by atoms with Crippen LogP contribution in [0.5, 0.6) is 0 Å². The van der Waals surface area contributed by atoms with E-state index in [0.717, 1.165) is 24.6 Å². The number of rotatable bonds is 2. The molecule has 1 fully saturated rings. The highest BCUT2D eigenvalue weighted by Crippen LogP contribution is 2.25. The number of hydrogen-bond acceptors (Lipinski definition) is 4. The largest absolute Gasteiger partial charge is 0.346 e. The second-order valence-electron chi connectivity index (χ2n) is 5.42. The van der Waals surface area contributed by atoms with Crippen LogP contribution in [0.2, 0.25) is 0 Å². The summed E-state index contributed by atoms with van der Waals surface area (Å²) in [7, 11) is 0. The molecule has 1 aliphatic heterocycles. The standard InChI is InChI=1S/C17H16FN3OS/c1-12-10-19-17(23-12)21-8-7-15(11-21)20-16(22)6-5-13-3-2-4-14(18)9-13/h2-4,9-10,15H,7-8,11H2,1H3,(H,20,22). The highest BCUT2D eigenvalue weighted by Gasteiger charge is 2.25. The van der Waals surface area contributed by atoms with Gasteiger partial charge in [0.25, 0.3) is 5.91 Å². The number of hydrogen-bond donors (Lipinski definition) is 1. The number of nitrogens with zero attached hydrogens (tertiary/aromatic N) is 2. The van der Waals surface area contributed by atoms with Crippen molar-refractivity contribution >= 4 is 22.4 Å². The molecule has 23 heavy (non-hydrogen) atoms. The zero-order chi connectivity index (χ0) is 16.2. The number of halogens is 1. The van der Waals surface area contributed by atoms with Gasteiger partial charge in [-0.1, -0.05) is 12.0 Å². The molecule has 1 atom stereocenters. The van der Waals surface area contributed by atoms with Crippen molar-refractivity contribution in [3.8, 4) is 11.8 Å². The van der Waals surface area contributed by atoms with Crippen molar-refractivity contribution in [3.05, 3.63) is 46.7 Å². The first-order valence-corrected chi connectivity index (χ1v) is 8.17. The smallest absolute Gasteiger partial charge is 0.296 e. The molecule has 1 unspecified atom stereocenters. The van der Waals surface area contributed by atoms with E-state index in [-0.39, 0.29) is 17.8 Å². The van der Waals surface area contributed by atoms with E-state index >= 15 is 0 Å². The van der Waals surface area contributed by atoms with Gasteiger partial charge in [0, 0.05) is 41.7 Å². The Morgan fingerprint density at radius 3 is 3.13 bits per heavy atom. The monoisotopic (exact) mass is 329 g/mol. The van der Waals surface area contributed by atoms with E-state index in [2.05, 4.69) is 27.0 Å². The summed E-state index contributed by atoms with van der Waals surface area (Å²) in [5.74, 6) is 4.50. The predicted octanol–water partition coefficient (Wildman–Crippen LogP) is 2.34. The van der Waals surface area contributed by atoms with E-state index in [9.17, 15) is 9.18 Å². The van der Waals surface area contributed by atoms with Crippen molar-refractivity contribution in [1.29, 1.82) is 0 Å². The molecule has 6 heteroatoms. The van der Waals surface area contributed by atoms with Crippen molar-refractivity contribution in [2.75, 3.05) is 18.0 Å². The second-order valence-corrected chi connectivity index (χ2v) is 6.63. The molecule has 0 radical (unpaired) electrons. The Bertz CT molecular complexity index is 777. The molecule has 1 saturated heterocycles. The molecule has 0 bridgehead atoms. The lowest BCUT2D eigenvalue weighted by molar-refractivity contribution is -0.116. The normalized spacial score (nSPS) is 16.8. The first kappa shape index (κ1) is 15.5. The van der Waals surface area contributed by atoms with Gasteiger partial charge in [-0.3, -0.25) is 4.79 Å². The van der Waals surface area contributed by atoms with Crippen LogP contribution in [-0.2, 0) is 4.79 Å². The molecule has 4 nitrogen and oxygen atoms in total. The lowest BCUT2D eigenvalue weighted by Crippen LogP contribution is -2.36. The van der Waals surface area contributed by atoms with Crippen LogP contribution >= 0.6 is 11.3 Å². The summed E-state index contributed by atoms with van der Waals surface area (Å²) < 4.78 is 13.0. The van der Waals surface area contributed by atoms with Crippen LogP contribution in [0.4, 0.5) is 9.52 Å². The van der Waals surface area contributed by atoms with Gasteiger partial charge in [-0.15, -0.1) is 11.3 Å². The van der Waals surface area contributed by atoms with Crippen LogP contribution in [0.3, 0.4) is 0 Å². The number of thiazole rings is 1. The average molecular weight is 329 g/mol. The molecule has 1 N–H and O–H groups in total. The van der Waals surface area contributed by atoms with E-state index in [1.165, 1.54) is 17.0 Å². The zero-order valence-corrected chi connectivity index (χ0v) is 13.5. The van der Waals surface area contributed by atoms with E-state index in [4.69, 9.17) is 0 Å². The summed E-state index contributed by atoms with van der Waals surface area (Å²) in [5, 5.41) is 3.89. The average Bonchev–Trinajstić information content (AvgIpc) is 3.14. The van der Waals surface area contributed by atoms with E-state index in [1.807, 2.05) is 13.1 Å². The quantitative estimate of drug-likeness (QED) is 0.860. The Morgan fingerprint density at radius 2 is 2.39 bits per heavy atom. The van der Waals surface area contributed by atoms with Crippen LogP contribution in [-0.4, -0.2) is 30.0 Å². The third-order valence-electron chi connectivity index (χ3n) is 3.55. The van der Waals surface area contributed by atoms with Gasteiger partial charge in [0.2, 0.25) is 0 Å². The van der Waals surface area contributed by atoms with Gasteiger partial charge in [0.05, 0.1) is 0 Å². The van der Waals surface area contributed by atoms with E-state index < -0.39 is 0 Å². The molecule has 0 spiro atoms. The first-order chi connectivity index (χ1) is 11.1. The summed E-state index contributed by atoms with van der Waals surface area (Å²) in [5.41, 5.74) is 0.492. The number of carbonyl (C=O) groups is 1. The molecule has 1 aromatic heterocycles. The van der Waals surface area contributed by atoms with E-state index in [0.29, 0.717) is 5.56 Å². The number of carbonyl (C=O) groups excluding carboxylic acids is 1. The molecule has 0 saturated carbocycles. The summed E-state index contributed by atoms with van der Waals surface area (Å²) in [6, 6.07) is 5.96. The van der Waals surface area contributed by atoms with Crippen molar-refractivity contribution < 1.29 is 9.18 Å². The molecule has 118 valence electrons. The summed E-state index contributed by atoms with van der Waals surface area (Å²) >= 11 is 1.65. The molecule has 1 amide bonds. The second kappa shape index (κ2) is 6.80. The minimum absolute atomic E-state index is 0.0634. The molecule has 0 aliphatic carbocycles. The van der Waals surface area contributed by atoms with Crippen molar-refractivity contribution in [2.24, 2.45) is 0 Å². The lowest BCUT2D eigenvalue weighted by Gasteiger charge is -2.14. The Kier molecular flexibility index (Phi) is 4.58. The highest BCUT2D eigenvalue weighted by atomic mass is 32.1. The van der Waals surface area contributed by atoms with Gasteiger partial charge in [-0.25, -0.2) is 9.37 Å². The zero-order valence-electron chi connectivity index (χ0n) is 12.7. The number of anilines is 1. The maximum absolute atomic E-state index is 13.0. The Balaban J connectivity index is 1.55. The van der Waals surface area contributed by atoms with Gasteiger partial charge < -0.3 is 10.2 Å². The fourth-order valence-electron chi connectivity index (χ4n) is 2.46. The van der Waals surface area contributed by atoms with Gasteiger partial charge >= 0.3 is 0 Å². The number of benzene rings is 1. The van der Waals surface area contributed by atoms with Crippen LogP contribution in [0.1, 0.15) is 16.9 Å². The lowest BCUT2D eigenvalue weighted by atomic mass is 10.2. The Hall–Kier alpha value is -2.39. The van der Waals surface area contributed by atoms with Crippen molar-refractivity contribution in [2.45, 2.75) is 19.4 Å². The van der Waals surface area contributed by atoms with Crippen LogP contribution in [0, 0.1) is 24.6 Å². The summed E-state index contributed by atoms with van der Waals surface area (Å²) in [4.78, 5) is 19.6. The molecular formula is C17H16FN3OS. The maximum Gasteiger partial charge on any atom is 0.296 e. The summed E-state index contributed by atoms with van der Waals surface area (Å²) in [6.07, 6.45) is 2.72. The van der Waals surface area contributed by atoms with Gasteiger partial charge in [0.15, 0.2) is 5.13 Å². The Morgan fingerprint density at radius 1 is 1.52 bits per heavy atom. The third-order valence-corrected chi connectivity index (χ3v) is 4.52. The predicted molar refractivity (Wildman–Crippen MR) is 88.9 cm³/mol. The molecule has 1 aromatic carbocycles. The van der Waals surface area contributed by atoms with Crippen LogP contribution in [0.15, 0.2) is 30.5 Å². The van der Waals surface area contributed by atoms with Gasteiger partial charge in [0.1, 0.15) is 5.82 Å². The molecule has 3 rings (SSSR count). The topological polar surface area (TPSA) is 45.2 Å². The first-order valence-electron chi connectivity index (χ1n) is 7.35. The Labute approximate surface area is 138 Å². The van der Waals surface area contributed by atoms with Gasteiger partial charge in [-0.2, -0.15) is 0 Å². The van der Waals surface area contributed by atoms with Crippen molar-refractivity contribution in [3.63, 3.8) is 0 Å². The molecular weight excluding hydrogens is 313 g/mol. The maximum atomic E-state index is 13.0. The van der Waals surface area contributed by atoms with Gasteiger partial charge in [-0.05, 0) is 31.5 Å². The van der Waals surface area contributed by atoms with Crippen LogP contribution < -0.4 is 10.2 Å². The fourth-order valence-corrected chi connectivity index (χ4v) is 3.25. The number of aryl methyl sites for hydroxylation is 1.